The molecule has 0 bridgehead atoms. The number of halogens is 2. The fraction of sp³-hybridized carbons (Fsp3) is 1.00. The zero-order valence-corrected chi connectivity index (χ0v) is 9.23. The fourth-order valence-electron chi connectivity index (χ4n) is 0.592. The first-order chi connectivity index (χ1) is 5.77. The van der Waals surface area contributed by atoms with E-state index >= 15 is 0 Å². The summed E-state index contributed by atoms with van der Waals surface area (Å²) >= 11 is 0. The Labute approximate surface area is 77.5 Å². The average Bonchev–Trinajstić information content (AvgIpc) is 1.97. The van der Waals surface area contributed by atoms with Crippen molar-refractivity contribution in [1.82, 2.24) is 0 Å². The zero-order chi connectivity index (χ0) is 10.5. The Morgan fingerprint density at radius 2 is 1.92 bits per heavy atom. The first-order valence-corrected chi connectivity index (χ1v) is 7.39. The lowest BCUT2D eigenvalue weighted by molar-refractivity contribution is 0.242. The van der Waals surface area contributed by atoms with Gasteiger partial charge in [0.25, 0.3) is 0 Å². The summed E-state index contributed by atoms with van der Waals surface area (Å²) in [4.78, 5) is 0. The molecule has 0 spiro atoms. The van der Waals surface area contributed by atoms with Gasteiger partial charge >= 0.3 is 19.1 Å². The van der Waals surface area contributed by atoms with Crippen molar-refractivity contribution in [3.8, 4) is 0 Å². The third-order valence-corrected chi connectivity index (χ3v) is 3.29. The quantitative estimate of drug-likeness (QED) is 0.395. The highest BCUT2D eigenvalue weighted by molar-refractivity contribution is 7.81. The molecule has 0 amide bonds. The molecule has 13 heavy (non-hydrogen) atoms. The molecular weight excluding hydrogens is 222 g/mol. The van der Waals surface area contributed by atoms with E-state index in [1.165, 1.54) is 0 Å². The summed E-state index contributed by atoms with van der Waals surface area (Å²) in [5, 5.41) is 0. The molecule has 0 atom stereocenters. The molecule has 0 unspecified atom stereocenters. The Morgan fingerprint density at radius 3 is 2.31 bits per heavy atom. The van der Waals surface area contributed by atoms with Crippen LogP contribution in [0.25, 0.3) is 0 Å². The van der Waals surface area contributed by atoms with Gasteiger partial charge in [-0.25, -0.2) is 4.18 Å². The smallest absolute Gasteiger partial charge is 0.271 e. The van der Waals surface area contributed by atoms with Crippen LogP contribution in [0, 0.1) is 0 Å². The van der Waals surface area contributed by atoms with Gasteiger partial charge in [-0.1, -0.05) is 0 Å². The van der Waals surface area contributed by atoms with Crippen molar-refractivity contribution in [2.24, 2.45) is 0 Å². The van der Waals surface area contributed by atoms with Crippen LogP contribution in [0.15, 0.2) is 0 Å². The molecule has 0 N–H and O–H groups in total. The van der Waals surface area contributed by atoms with Crippen LogP contribution in [0.5, 0.6) is 0 Å². The number of hydrogen-bond acceptors (Lipinski definition) is 4. The second-order valence-corrected chi connectivity index (χ2v) is 6.60. The average molecular weight is 234 g/mol. The van der Waals surface area contributed by atoms with Gasteiger partial charge in [-0.05, 0) is 13.0 Å². The highest BCUT2D eigenvalue weighted by Crippen LogP contribution is 2.14. The first-order valence-electron chi connectivity index (χ1n) is 3.60. The SMILES string of the molecule is COS(=O)(=O)OCCC[Si](C)(F)F. The molecule has 4 nitrogen and oxygen atoms in total. The van der Waals surface area contributed by atoms with Gasteiger partial charge in [0.1, 0.15) is 0 Å². The maximum absolute atomic E-state index is 12.3. The van der Waals surface area contributed by atoms with E-state index in [0.29, 0.717) is 0 Å². The molecule has 0 aliphatic heterocycles. The first kappa shape index (κ1) is 12.9. The van der Waals surface area contributed by atoms with E-state index in [9.17, 15) is 16.6 Å². The standard InChI is InChI=1S/C5H12F2O4SSi/c1-10-12(8,9)11-4-3-5-13(2,6)7/h3-5H2,1-2H3. The van der Waals surface area contributed by atoms with E-state index in [1.807, 2.05) is 0 Å². The monoisotopic (exact) mass is 234 g/mol. The fourth-order valence-corrected chi connectivity index (χ4v) is 1.78. The summed E-state index contributed by atoms with van der Waals surface area (Å²) in [5.41, 5.74) is 0. The Bertz CT molecular complexity index is 235. The Kier molecular flexibility index (Phi) is 4.96. The molecule has 0 radical (unpaired) electrons. The van der Waals surface area contributed by atoms with Crippen LogP contribution in [0.1, 0.15) is 6.42 Å². The highest BCUT2D eigenvalue weighted by atomic mass is 32.3. The van der Waals surface area contributed by atoms with Crippen LogP contribution in [-0.4, -0.2) is 30.9 Å². The molecule has 0 fully saturated rings. The third kappa shape index (κ3) is 8.28. The third-order valence-electron chi connectivity index (χ3n) is 1.19. The van der Waals surface area contributed by atoms with Gasteiger partial charge in [-0.15, -0.1) is 0 Å². The maximum atomic E-state index is 12.3. The summed E-state index contributed by atoms with van der Waals surface area (Å²) in [5.74, 6) is 0. The minimum atomic E-state index is -4.08. The molecule has 0 saturated heterocycles. The minimum absolute atomic E-state index is 0.0261. The van der Waals surface area contributed by atoms with Gasteiger partial charge in [0.2, 0.25) is 0 Å². The molecule has 0 aliphatic rings. The van der Waals surface area contributed by atoms with Crippen molar-refractivity contribution >= 4 is 19.1 Å². The zero-order valence-electron chi connectivity index (χ0n) is 7.42. The van der Waals surface area contributed by atoms with Crippen LogP contribution in [-0.2, 0) is 18.8 Å². The maximum Gasteiger partial charge on any atom is 0.422 e. The number of rotatable bonds is 6. The van der Waals surface area contributed by atoms with E-state index in [0.717, 1.165) is 13.7 Å². The van der Waals surface area contributed by atoms with Crippen molar-refractivity contribution < 1.29 is 25.0 Å². The second-order valence-electron chi connectivity index (χ2n) is 2.57. The molecule has 0 aromatic heterocycles. The van der Waals surface area contributed by atoms with Gasteiger partial charge in [-0.2, -0.15) is 8.42 Å². The van der Waals surface area contributed by atoms with Crippen molar-refractivity contribution in [2.75, 3.05) is 13.7 Å². The highest BCUT2D eigenvalue weighted by Gasteiger charge is 2.26. The Hall–Kier alpha value is -0.0531. The van der Waals surface area contributed by atoms with Gasteiger partial charge in [-0.3, -0.25) is 12.4 Å². The Morgan fingerprint density at radius 1 is 1.38 bits per heavy atom. The van der Waals surface area contributed by atoms with E-state index < -0.39 is 19.1 Å². The van der Waals surface area contributed by atoms with E-state index in [1.54, 1.807) is 0 Å². The lowest BCUT2D eigenvalue weighted by atomic mass is 10.5. The van der Waals surface area contributed by atoms with Crippen LogP contribution >= 0.6 is 0 Å². The summed E-state index contributed by atoms with van der Waals surface area (Å²) in [6.07, 6.45) is 0.0261. The van der Waals surface area contributed by atoms with Gasteiger partial charge in [0.15, 0.2) is 0 Å². The molecule has 0 aromatic rings. The number of hydrogen-bond donors (Lipinski definition) is 0. The van der Waals surface area contributed by atoms with Gasteiger partial charge in [0, 0.05) is 6.04 Å². The molecule has 0 heterocycles. The van der Waals surface area contributed by atoms with Crippen molar-refractivity contribution in [1.29, 1.82) is 0 Å². The Balaban J connectivity index is 3.59. The predicted octanol–water partition coefficient (Wildman–Crippen LogP) is 1.30. The molecule has 0 rings (SSSR count). The van der Waals surface area contributed by atoms with Gasteiger partial charge < -0.3 is 0 Å². The van der Waals surface area contributed by atoms with E-state index in [-0.39, 0.29) is 19.1 Å². The largest absolute Gasteiger partial charge is 0.422 e. The summed E-state index contributed by atoms with van der Waals surface area (Å²) < 4.78 is 53.8. The van der Waals surface area contributed by atoms with E-state index in [2.05, 4.69) is 8.37 Å². The van der Waals surface area contributed by atoms with Crippen LogP contribution in [0.2, 0.25) is 12.6 Å². The minimum Gasteiger partial charge on any atom is -0.271 e. The second kappa shape index (κ2) is 4.98. The predicted molar refractivity (Wildman–Crippen MR) is 45.1 cm³/mol. The van der Waals surface area contributed by atoms with Crippen LogP contribution in [0.3, 0.4) is 0 Å². The normalized spacial score (nSPS) is 13.2. The molecule has 8 heteroatoms. The van der Waals surface area contributed by atoms with Gasteiger partial charge in [0.05, 0.1) is 13.7 Å². The van der Waals surface area contributed by atoms with Crippen molar-refractivity contribution in [3.05, 3.63) is 0 Å². The molecule has 0 aromatic carbocycles. The summed E-state index contributed by atoms with van der Waals surface area (Å²) in [6.45, 7) is 0.643. The lowest BCUT2D eigenvalue weighted by Gasteiger charge is -2.06. The molecule has 0 saturated carbocycles. The molecule has 80 valence electrons. The summed E-state index contributed by atoms with van der Waals surface area (Å²) in [7, 11) is -7.10. The molecular formula is C5H12F2O4SSi. The summed E-state index contributed by atoms with van der Waals surface area (Å²) in [6, 6.07) is -0.272. The molecule has 0 aliphatic carbocycles. The van der Waals surface area contributed by atoms with Crippen molar-refractivity contribution in [3.63, 3.8) is 0 Å². The lowest BCUT2D eigenvalue weighted by Crippen LogP contribution is -2.17. The van der Waals surface area contributed by atoms with Crippen LogP contribution < -0.4 is 0 Å². The van der Waals surface area contributed by atoms with E-state index in [4.69, 9.17) is 0 Å². The van der Waals surface area contributed by atoms with Crippen LogP contribution in [0.4, 0.5) is 8.22 Å². The topological polar surface area (TPSA) is 52.6 Å². The van der Waals surface area contributed by atoms with Crippen molar-refractivity contribution in [2.45, 2.75) is 19.0 Å².